The number of ether oxygens (including phenoxy) is 1. The molecule has 4 nitrogen and oxygen atoms in total. The number of pyridine rings is 1. The molecule has 0 aromatic carbocycles. The summed E-state index contributed by atoms with van der Waals surface area (Å²) in [6, 6.07) is 6.72. The van der Waals surface area contributed by atoms with Gasteiger partial charge in [0, 0.05) is 18.2 Å². The van der Waals surface area contributed by atoms with E-state index in [-0.39, 0.29) is 0 Å². The molecule has 0 spiro atoms. The van der Waals surface area contributed by atoms with Gasteiger partial charge in [-0.05, 0) is 32.4 Å². The van der Waals surface area contributed by atoms with Crippen molar-refractivity contribution in [3.8, 4) is 5.88 Å². The molecule has 0 amide bonds. The van der Waals surface area contributed by atoms with Gasteiger partial charge in [0.15, 0.2) is 0 Å². The highest BCUT2D eigenvalue weighted by molar-refractivity contribution is 5.38. The molecule has 1 aliphatic rings. The highest BCUT2D eigenvalue weighted by atomic mass is 16.5. The minimum atomic E-state index is 0.452. The first-order chi connectivity index (χ1) is 7.79. The topological polar surface area (TPSA) is 46.2 Å². The second-order valence-corrected chi connectivity index (χ2v) is 4.20. The maximum absolute atomic E-state index is 5.10. The fourth-order valence-corrected chi connectivity index (χ4v) is 2.04. The number of aromatic nitrogens is 1. The average Bonchev–Trinajstić information content (AvgIpc) is 2.32. The summed E-state index contributed by atoms with van der Waals surface area (Å²) in [5.41, 5.74) is 0. The largest absolute Gasteiger partial charge is 0.481 e. The minimum absolute atomic E-state index is 0.452. The van der Waals surface area contributed by atoms with Crippen LogP contribution in [0.2, 0.25) is 0 Å². The Morgan fingerprint density at radius 2 is 2.38 bits per heavy atom. The SMILES string of the molecule is COc1cccc(NC2CCCNC2C)n1. The molecular weight excluding hydrogens is 202 g/mol. The normalized spacial score (nSPS) is 25.1. The Morgan fingerprint density at radius 3 is 3.12 bits per heavy atom. The Kier molecular flexibility index (Phi) is 3.62. The Morgan fingerprint density at radius 1 is 1.50 bits per heavy atom. The quantitative estimate of drug-likeness (QED) is 0.814. The van der Waals surface area contributed by atoms with E-state index >= 15 is 0 Å². The van der Waals surface area contributed by atoms with E-state index in [2.05, 4.69) is 22.5 Å². The van der Waals surface area contributed by atoms with Gasteiger partial charge in [0.2, 0.25) is 5.88 Å². The van der Waals surface area contributed by atoms with Crippen LogP contribution >= 0.6 is 0 Å². The van der Waals surface area contributed by atoms with Crippen LogP contribution in [0, 0.1) is 0 Å². The van der Waals surface area contributed by atoms with Crippen molar-refractivity contribution in [2.24, 2.45) is 0 Å². The molecule has 2 N–H and O–H groups in total. The molecule has 0 aliphatic carbocycles. The van der Waals surface area contributed by atoms with Gasteiger partial charge in [0.1, 0.15) is 5.82 Å². The second-order valence-electron chi connectivity index (χ2n) is 4.20. The van der Waals surface area contributed by atoms with Gasteiger partial charge in [0.05, 0.1) is 7.11 Å². The van der Waals surface area contributed by atoms with Crippen molar-refractivity contribution in [2.75, 3.05) is 19.0 Å². The number of nitrogens with one attached hydrogen (secondary N) is 2. The fraction of sp³-hybridized carbons (Fsp3) is 0.583. The van der Waals surface area contributed by atoms with Crippen molar-refractivity contribution >= 4 is 5.82 Å². The number of hydrogen-bond acceptors (Lipinski definition) is 4. The lowest BCUT2D eigenvalue weighted by Crippen LogP contribution is -2.46. The Hall–Kier alpha value is -1.29. The van der Waals surface area contributed by atoms with Crippen molar-refractivity contribution in [1.29, 1.82) is 0 Å². The molecule has 2 atom stereocenters. The van der Waals surface area contributed by atoms with Gasteiger partial charge in [-0.1, -0.05) is 6.07 Å². The van der Waals surface area contributed by atoms with Crippen molar-refractivity contribution in [2.45, 2.75) is 31.8 Å². The van der Waals surface area contributed by atoms with Crippen LogP contribution in [0.3, 0.4) is 0 Å². The lowest BCUT2D eigenvalue weighted by atomic mass is 10.00. The molecule has 1 saturated heterocycles. The molecule has 1 aromatic rings. The van der Waals surface area contributed by atoms with Crippen molar-refractivity contribution in [1.82, 2.24) is 10.3 Å². The van der Waals surface area contributed by atoms with E-state index in [1.54, 1.807) is 7.11 Å². The van der Waals surface area contributed by atoms with E-state index in [9.17, 15) is 0 Å². The Bertz CT molecular complexity index is 343. The molecular formula is C12H19N3O. The zero-order valence-corrected chi connectivity index (χ0v) is 9.86. The van der Waals surface area contributed by atoms with Gasteiger partial charge in [-0.3, -0.25) is 0 Å². The molecule has 16 heavy (non-hydrogen) atoms. The molecule has 1 aliphatic heterocycles. The highest BCUT2D eigenvalue weighted by Gasteiger charge is 2.20. The van der Waals surface area contributed by atoms with Gasteiger partial charge in [-0.2, -0.15) is 4.98 Å². The predicted octanol–water partition coefficient (Wildman–Crippen LogP) is 1.64. The van der Waals surface area contributed by atoms with Gasteiger partial charge in [-0.15, -0.1) is 0 Å². The van der Waals surface area contributed by atoms with E-state index in [0.717, 1.165) is 12.4 Å². The van der Waals surface area contributed by atoms with E-state index in [4.69, 9.17) is 4.74 Å². The molecule has 2 unspecified atom stereocenters. The van der Waals surface area contributed by atoms with Gasteiger partial charge >= 0.3 is 0 Å². The molecule has 2 heterocycles. The summed E-state index contributed by atoms with van der Waals surface area (Å²) >= 11 is 0. The van der Waals surface area contributed by atoms with Gasteiger partial charge in [-0.25, -0.2) is 0 Å². The summed E-state index contributed by atoms with van der Waals surface area (Å²) in [6.07, 6.45) is 2.40. The number of hydrogen-bond donors (Lipinski definition) is 2. The summed E-state index contributed by atoms with van der Waals surface area (Å²) in [4.78, 5) is 4.36. The van der Waals surface area contributed by atoms with E-state index < -0.39 is 0 Å². The highest BCUT2D eigenvalue weighted by Crippen LogP contribution is 2.16. The minimum Gasteiger partial charge on any atom is -0.481 e. The third-order valence-corrected chi connectivity index (χ3v) is 3.03. The predicted molar refractivity (Wildman–Crippen MR) is 64.9 cm³/mol. The third-order valence-electron chi connectivity index (χ3n) is 3.03. The molecule has 1 fully saturated rings. The first-order valence-electron chi connectivity index (χ1n) is 5.80. The summed E-state index contributed by atoms with van der Waals surface area (Å²) in [6.45, 7) is 3.32. The summed E-state index contributed by atoms with van der Waals surface area (Å²) in [5.74, 6) is 1.54. The standard InChI is InChI=1S/C12H19N3O/c1-9-10(5-4-8-13-9)14-11-6-3-7-12(15-11)16-2/h3,6-7,9-10,13H,4-5,8H2,1-2H3,(H,14,15). The lowest BCUT2D eigenvalue weighted by molar-refractivity contribution is 0.385. The monoisotopic (exact) mass is 221 g/mol. The first kappa shape index (κ1) is 11.2. The fourth-order valence-electron chi connectivity index (χ4n) is 2.04. The van der Waals surface area contributed by atoms with Crippen molar-refractivity contribution in [3.63, 3.8) is 0 Å². The van der Waals surface area contributed by atoms with Crippen LogP contribution in [0.1, 0.15) is 19.8 Å². The van der Waals surface area contributed by atoms with Crippen LogP contribution in [0.15, 0.2) is 18.2 Å². The maximum atomic E-state index is 5.10. The van der Waals surface area contributed by atoms with E-state index in [0.29, 0.717) is 18.0 Å². The Balaban J connectivity index is 2.01. The maximum Gasteiger partial charge on any atom is 0.214 e. The summed E-state index contributed by atoms with van der Waals surface area (Å²) in [5, 5.41) is 6.91. The molecule has 0 radical (unpaired) electrons. The smallest absolute Gasteiger partial charge is 0.214 e. The lowest BCUT2D eigenvalue weighted by Gasteiger charge is -2.31. The number of methoxy groups -OCH3 is 1. The first-order valence-corrected chi connectivity index (χ1v) is 5.80. The van der Waals surface area contributed by atoms with E-state index in [1.165, 1.54) is 12.8 Å². The van der Waals surface area contributed by atoms with Crippen LogP contribution in [-0.4, -0.2) is 30.7 Å². The summed E-state index contributed by atoms with van der Waals surface area (Å²) < 4.78 is 5.10. The second kappa shape index (κ2) is 5.16. The van der Waals surface area contributed by atoms with Gasteiger partial charge in [0.25, 0.3) is 0 Å². The zero-order valence-electron chi connectivity index (χ0n) is 9.86. The molecule has 0 bridgehead atoms. The summed E-state index contributed by atoms with van der Waals surface area (Å²) in [7, 11) is 1.64. The van der Waals surface area contributed by atoms with E-state index in [1.807, 2.05) is 18.2 Å². The molecule has 88 valence electrons. The number of nitrogens with zero attached hydrogens (tertiary/aromatic N) is 1. The number of piperidine rings is 1. The molecule has 4 heteroatoms. The van der Waals surface area contributed by atoms with Crippen LogP contribution in [0.5, 0.6) is 5.88 Å². The third kappa shape index (κ3) is 2.64. The van der Waals surface area contributed by atoms with Gasteiger partial charge < -0.3 is 15.4 Å². The van der Waals surface area contributed by atoms with Crippen molar-refractivity contribution < 1.29 is 4.74 Å². The van der Waals surface area contributed by atoms with Crippen LogP contribution in [0.25, 0.3) is 0 Å². The average molecular weight is 221 g/mol. The molecule has 2 rings (SSSR count). The number of rotatable bonds is 3. The number of anilines is 1. The van der Waals surface area contributed by atoms with Crippen LogP contribution in [-0.2, 0) is 0 Å². The van der Waals surface area contributed by atoms with Crippen molar-refractivity contribution in [3.05, 3.63) is 18.2 Å². The zero-order chi connectivity index (χ0) is 11.4. The van der Waals surface area contributed by atoms with Crippen LogP contribution < -0.4 is 15.4 Å². The molecule has 1 aromatic heterocycles. The Labute approximate surface area is 96.4 Å². The van der Waals surface area contributed by atoms with Crippen LogP contribution in [0.4, 0.5) is 5.82 Å². The molecule has 0 saturated carbocycles.